The minimum atomic E-state index is -1.55. The van der Waals surface area contributed by atoms with Gasteiger partial charge in [0.2, 0.25) is 0 Å². The molecule has 1 saturated carbocycles. The Bertz CT molecular complexity index is 302. The van der Waals surface area contributed by atoms with Crippen LogP contribution < -0.4 is 0 Å². The summed E-state index contributed by atoms with van der Waals surface area (Å²) in [6, 6.07) is 0. The lowest BCUT2D eigenvalue weighted by Crippen LogP contribution is -2.39. The SMILES string of the molecule is C#CC[C@](C)(/C=C/C1CCCC1)O[Si](C)(C)C. The van der Waals surface area contributed by atoms with Crippen LogP contribution >= 0.6 is 0 Å². The summed E-state index contributed by atoms with van der Waals surface area (Å²) in [5, 5.41) is 0. The van der Waals surface area contributed by atoms with E-state index in [2.05, 4.69) is 44.6 Å². The van der Waals surface area contributed by atoms with Crippen molar-refractivity contribution in [3.63, 3.8) is 0 Å². The average molecular weight is 250 g/mol. The van der Waals surface area contributed by atoms with E-state index in [4.69, 9.17) is 10.8 Å². The molecule has 0 heterocycles. The summed E-state index contributed by atoms with van der Waals surface area (Å²) in [4.78, 5) is 0. The van der Waals surface area contributed by atoms with Gasteiger partial charge in [0.05, 0.1) is 5.60 Å². The first-order valence-corrected chi connectivity index (χ1v) is 10.1. The summed E-state index contributed by atoms with van der Waals surface area (Å²) < 4.78 is 6.24. The molecule has 1 fully saturated rings. The highest BCUT2D eigenvalue weighted by molar-refractivity contribution is 6.69. The Morgan fingerprint density at radius 3 is 2.41 bits per heavy atom. The lowest BCUT2D eigenvalue weighted by molar-refractivity contribution is 0.137. The van der Waals surface area contributed by atoms with Crippen molar-refractivity contribution in [2.24, 2.45) is 5.92 Å². The molecule has 0 aliphatic heterocycles. The van der Waals surface area contributed by atoms with Crippen LogP contribution in [0.25, 0.3) is 0 Å². The van der Waals surface area contributed by atoms with Gasteiger partial charge in [-0.15, -0.1) is 12.3 Å². The molecule has 2 heteroatoms. The van der Waals surface area contributed by atoms with Crippen molar-refractivity contribution in [1.29, 1.82) is 0 Å². The van der Waals surface area contributed by atoms with E-state index in [0.717, 1.165) is 5.92 Å². The van der Waals surface area contributed by atoms with E-state index < -0.39 is 8.32 Å². The van der Waals surface area contributed by atoms with Crippen LogP contribution in [0.4, 0.5) is 0 Å². The van der Waals surface area contributed by atoms with Crippen molar-refractivity contribution in [3.05, 3.63) is 12.2 Å². The minimum Gasteiger partial charge on any atom is -0.408 e. The first-order valence-electron chi connectivity index (χ1n) is 6.68. The first kappa shape index (κ1) is 14.5. The average Bonchev–Trinajstić information content (AvgIpc) is 2.64. The van der Waals surface area contributed by atoms with Crippen molar-refractivity contribution < 1.29 is 4.43 Å². The fourth-order valence-corrected chi connectivity index (χ4v) is 4.06. The lowest BCUT2D eigenvalue weighted by atomic mass is 9.98. The lowest BCUT2D eigenvalue weighted by Gasteiger charge is -2.32. The van der Waals surface area contributed by atoms with Crippen LogP contribution in [0.2, 0.25) is 19.6 Å². The maximum absolute atomic E-state index is 6.24. The van der Waals surface area contributed by atoms with E-state index in [1.807, 2.05) is 0 Å². The predicted molar refractivity (Wildman–Crippen MR) is 77.4 cm³/mol. The van der Waals surface area contributed by atoms with E-state index in [1.54, 1.807) is 0 Å². The monoisotopic (exact) mass is 250 g/mol. The molecule has 0 bridgehead atoms. The van der Waals surface area contributed by atoms with Gasteiger partial charge in [0.1, 0.15) is 0 Å². The number of allylic oxidation sites excluding steroid dienone is 1. The maximum Gasteiger partial charge on any atom is 0.184 e. The molecule has 0 aromatic carbocycles. The Balaban J connectivity index is 2.66. The highest BCUT2D eigenvalue weighted by Crippen LogP contribution is 2.29. The highest BCUT2D eigenvalue weighted by atomic mass is 28.4. The molecule has 0 amide bonds. The summed E-state index contributed by atoms with van der Waals surface area (Å²) in [7, 11) is -1.55. The summed E-state index contributed by atoms with van der Waals surface area (Å²) in [6.45, 7) is 8.76. The molecule has 1 nitrogen and oxygen atoms in total. The van der Waals surface area contributed by atoms with Gasteiger partial charge in [-0.2, -0.15) is 0 Å². The number of hydrogen-bond donors (Lipinski definition) is 0. The second-order valence-electron chi connectivity index (χ2n) is 6.31. The number of rotatable bonds is 5. The highest BCUT2D eigenvalue weighted by Gasteiger charge is 2.29. The largest absolute Gasteiger partial charge is 0.408 e. The summed E-state index contributed by atoms with van der Waals surface area (Å²) in [5.74, 6) is 3.50. The fraction of sp³-hybridized carbons (Fsp3) is 0.733. The van der Waals surface area contributed by atoms with Crippen LogP contribution in [-0.4, -0.2) is 13.9 Å². The third-order valence-corrected chi connectivity index (χ3v) is 4.19. The molecule has 0 spiro atoms. The van der Waals surface area contributed by atoms with Gasteiger partial charge in [0.25, 0.3) is 0 Å². The maximum atomic E-state index is 6.24. The Morgan fingerprint density at radius 2 is 1.94 bits per heavy atom. The third kappa shape index (κ3) is 5.56. The molecule has 1 aliphatic carbocycles. The van der Waals surface area contributed by atoms with Crippen LogP contribution in [0.3, 0.4) is 0 Å². The molecule has 17 heavy (non-hydrogen) atoms. The Kier molecular flexibility index (Phi) is 5.03. The quantitative estimate of drug-likeness (QED) is 0.400. The first-order chi connectivity index (χ1) is 7.85. The van der Waals surface area contributed by atoms with E-state index in [0.29, 0.717) is 6.42 Å². The topological polar surface area (TPSA) is 9.23 Å². The molecular formula is C15H26OSi. The van der Waals surface area contributed by atoms with Crippen LogP contribution in [0.5, 0.6) is 0 Å². The number of terminal acetylenes is 1. The summed E-state index contributed by atoms with van der Waals surface area (Å²) >= 11 is 0. The molecule has 1 rings (SSSR count). The normalized spacial score (nSPS) is 21.6. The third-order valence-electron chi connectivity index (χ3n) is 3.11. The van der Waals surface area contributed by atoms with Gasteiger partial charge in [0, 0.05) is 6.42 Å². The van der Waals surface area contributed by atoms with Crippen molar-refractivity contribution in [2.75, 3.05) is 0 Å². The zero-order valence-corrected chi connectivity index (χ0v) is 12.8. The minimum absolute atomic E-state index is 0.262. The van der Waals surface area contributed by atoms with E-state index in [1.165, 1.54) is 25.7 Å². The van der Waals surface area contributed by atoms with E-state index in [-0.39, 0.29) is 5.60 Å². The zero-order valence-electron chi connectivity index (χ0n) is 11.8. The van der Waals surface area contributed by atoms with Gasteiger partial charge in [-0.3, -0.25) is 0 Å². The van der Waals surface area contributed by atoms with E-state index in [9.17, 15) is 0 Å². The molecule has 1 aliphatic rings. The second-order valence-corrected chi connectivity index (χ2v) is 10.7. The Morgan fingerprint density at radius 1 is 1.35 bits per heavy atom. The van der Waals surface area contributed by atoms with Crippen LogP contribution in [0, 0.1) is 18.3 Å². The van der Waals surface area contributed by atoms with Gasteiger partial charge >= 0.3 is 0 Å². The summed E-state index contributed by atoms with van der Waals surface area (Å²) in [6.07, 6.45) is 16.1. The van der Waals surface area contributed by atoms with Gasteiger partial charge < -0.3 is 4.43 Å². The van der Waals surface area contributed by atoms with Gasteiger partial charge in [-0.1, -0.05) is 25.0 Å². The van der Waals surface area contributed by atoms with Crippen molar-refractivity contribution in [2.45, 2.75) is 64.3 Å². The Hall–Kier alpha value is -0.523. The van der Waals surface area contributed by atoms with E-state index >= 15 is 0 Å². The van der Waals surface area contributed by atoms with Crippen molar-refractivity contribution in [3.8, 4) is 12.3 Å². The molecule has 0 saturated heterocycles. The molecule has 96 valence electrons. The van der Waals surface area contributed by atoms with Crippen LogP contribution in [0.15, 0.2) is 12.2 Å². The smallest absolute Gasteiger partial charge is 0.184 e. The predicted octanol–water partition coefficient (Wildman–Crippen LogP) is 4.37. The van der Waals surface area contributed by atoms with Gasteiger partial charge in [-0.25, -0.2) is 0 Å². The van der Waals surface area contributed by atoms with Crippen LogP contribution in [-0.2, 0) is 4.43 Å². The number of hydrogen-bond acceptors (Lipinski definition) is 1. The zero-order chi connectivity index (χ0) is 12.9. The van der Waals surface area contributed by atoms with Gasteiger partial charge in [0.15, 0.2) is 8.32 Å². The molecule has 1 atom stereocenters. The van der Waals surface area contributed by atoms with Crippen molar-refractivity contribution >= 4 is 8.32 Å². The molecule has 0 aromatic heterocycles. The Labute approximate surface area is 108 Å². The molecule has 0 radical (unpaired) electrons. The molecule has 0 aromatic rings. The van der Waals surface area contributed by atoms with Crippen LogP contribution in [0.1, 0.15) is 39.0 Å². The molecular weight excluding hydrogens is 224 g/mol. The fourth-order valence-electron chi connectivity index (χ4n) is 2.52. The molecule has 0 unspecified atom stereocenters. The second kappa shape index (κ2) is 5.89. The summed E-state index contributed by atoms with van der Waals surface area (Å²) in [5.41, 5.74) is -0.262. The van der Waals surface area contributed by atoms with Gasteiger partial charge in [-0.05, 0) is 45.3 Å². The van der Waals surface area contributed by atoms with Crippen molar-refractivity contribution in [1.82, 2.24) is 0 Å². The molecule has 0 N–H and O–H groups in total. The standard InChI is InChI=1S/C15H26OSi/c1-6-12-15(2,16-17(3,4)5)13-11-14-9-7-8-10-14/h1,11,13-14H,7-10,12H2,2-5H3/b13-11+/t15-/m1/s1.